The molecule has 1 aliphatic heterocycles. The van der Waals surface area contributed by atoms with Crippen LogP contribution in [0.2, 0.25) is 0 Å². The monoisotopic (exact) mass is 478 g/mol. The Bertz CT molecular complexity index is 1010. The molecule has 4 rings (SSSR count). The Hall–Kier alpha value is -2.45. The Labute approximate surface area is 192 Å². The fourth-order valence-electron chi connectivity index (χ4n) is 5.49. The lowest BCUT2D eigenvalue weighted by molar-refractivity contribution is -0.144. The van der Waals surface area contributed by atoms with E-state index < -0.39 is 0 Å². The number of pyridine rings is 1. The van der Waals surface area contributed by atoms with Crippen molar-refractivity contribution in [3.8, 4) is 17.2 Å². The third-order valence-corrected chi connectivity index (χ3v) is 7.44. The van der Waals surface area contributed by atoms with Crippen LogP contribution < -0.4 is 0 Å². The molecule has 1 aliphatic carbocycles. The standard InChI is InChI=1S/C26H27BrN2O2/c1-16-13-24-25(17(2)31-26(24)30)23(21(16)11-12-27)10-9-20-8-7-19(15-29-20)22-6-4-3-5-18(22)14-28/h3-10,15-17,21,23-25H,11-13H2,1-2H3/t16-,17+,21+,23-,24+,25-/m0/s1. The molecule has 1 aromatic carbocycles. The van der Waals surface area contributed by atoms with Crippen molar-refractivity contribution in [2.45, 2.75) is 32.8 Å². The van der Waals surface area contributed by atoms with Gasteiger partial charge < -0.3 is 4.74 Å². The number of carbonyl (C=O) groups excluding carboxylic acids is 1. The molecule has 0 unspecified atom stereocenters. The molecule has 0 radical (unpaired) electrons. The minimum atomic E-state index is -0.0460. The van der Waals surface area contributed by atoms with Crippen LogP contribution in [0.5, 0.6) is 0 Å². The van der Waals surface area contributed by atoms with Gasteiger partial charge in [-0.05, 0) is 55.7 Å². The molecule has 2 fully saturated rings. The SMILES string of the molecule is C[C@H]1C[C@H]2C(=O)O[C@H](C)[C@H]2[C@@H](C=Cc2ccc(-c3ccccc3C#N)cn2)[C@@H]1CCBr. The summed E-state index contributed by atoms with van der Waals surface area (Å²) in [6.07, 6.45) is 8.11. The predicted molar refractivity (Wildman–Crippen MR) is 125 cm³/mol. The summed E-state index contributed by atoms with van der Waals surface area (Å²) in [7, 11) is 0. The van der Waals surface area contributed by atoms with Crippen LogP contribution in [0.1, 0.15) is 37.9 Å². The van der Waals surface area contributed by atoms with E-state index in [1.807, 2.05) is 49.5 Å². The van der Waals surface area contributed by atoms with Crippen LogP contribution in [0.25, 0.3) is 17.2 Å². The van der Waals surface area contributed by atoms with Crippen LogP contribution in [0.15, 0.2) is 48.7 Å². The van der Waals surface area contributed by atoms with Gasteiger partial charge in [0.1, 0.15) is 6.10 Å². The first-order valence-corrected chi connectivity index (χ1v) is 12.1. The number of nitrogens with zero attached hydrogens (tertiary/aromatic N) is 2. The summed E-state index contributed by atoms with van der Waals surface area (Å²) in [6, 6.07) is 13.8. The molecule has 4 nitrogen and oxygen atoms in total. The lowest BCUT2D eigenvalue weighted by Crippen LogP contribution is -2.40. The van der Waals surface area contributed by atoms with Crippen LogP contribution in [-0.2, 0) is 9.53 Å². The number of esters is 1. The lowest BCUT2D eigenvalue weighted by Gasteiger charge is -2.42. The molecule has 2 aliphatic rings. The van der Waals surface area contributed by atoms with Gasteiger partial charge in [0.25, 0.3) is 0 Å². The van der Waals surface area contributed by atoms with E-state index in [0.29, 0.717) is 17.4 Å². The minimum absolute atomic E-state index is 0.00374. The normalized spacial score (nSPS) is 30.1. The summed E-state index contributed by atoms with van der Waals surface area (Å²) in [6.45, 7) is 4.30. The smallest absolute Gasteiger partial charge is 0.309 e. The molecule has 5 heteroatoms. The van der Waals surface area contributed by atoms with Gasteiger partial charge in [-0.2, -0.15) is 5.26 Å². The summed E-state index contributed by atoms with van der Waals surface area (Å²) in [5, 5.41) is 10.3. The first-order valence-electron chi connectivity index (χ1n) is 10.9. The van der Waals surface area contributed by atoms with E-state index in [-0.39, 0.29) is 29.8 Å². The second kappa shape index (κ2) is 9.36. The number of cyclic esters (lactones) is 1. The molecule has 2 heterocycles. The van der Waals surface area contributed by atoms with Crippen molar-refractivity contribution >= 4 is 28.0 Å². The van der Waals surface area contributed by atoms with Crippen molar-refractivity contribution in [2.75, 3.05) is 5.33 Å². The Morgan fingerprint density at radius 3 is 2.77 bits per heavy atom. The predicted octanol–water partition coefficient (Wildman–Crippen LogP) is 5.87. The zero-order chi connectivity index (χ0) is 22.0. The van der Waals surface area contributed by atoms with Crippen LogP contribution in [-0.4, -0.2) is 22.4 Å². The number of carbonyl (C=O) groups is 1. The molecule has 1 saturated heterocycles. The van der Waals surface area contributed by atoms with Crippen molar-refractivity contribution in [3.63, 3.8) is 0 Å². The van der Waals surface area contributed by atoms with Gasteiger partial charge in [0, 0.05) is 28.6 Å². The second-order valence-electron chi connectivity index (χ2n) is 8.75. The first-order chi connectivity index (χ1) is 15.0. The van der Waals surface area contributed by atoms with E-state index in [0.717, 1.165) is 35.0 Å². The zero-order valence-corrected chi connectivity index (χ0v) is 19.5. The van der Waals surface area contributed by atoms with Crippen molar-refractivity contribution in [1.82, 2.24) is 4.98 Å². The Balaban J connectivity index is 1.59. The summed E-state index contributed by atoms with van der Waals surface area (Å²) < 4.78 is 5.63. The largest absolute Gasteiger partial charge is 0.462 e. The molecule has 160 valence electrons. The highest BCUT2D eigenvalue weighted by molar-refractivity contribution is 9.09. The van der Waals surface area contributed by atoms with Gasteiger partial charge in [0.05, 0.1) is 23.2 Å². The third-order valence-electron chi connectivity index (χ3n) is 6.98. The summed E-state index contributed by atoms with van der Waals surface area (Å²) in [4.78, 5) is 17.0. The first kappa shape index (κ1) is 21.8. The number of aromatic nitrogens is 1. The minimum Gasteiger partial charge on any atom is -0.462 e. The lowest BCUT2D eigenvalue weighted by atomic mass is 9.61. The van der Waals surface area contributed by atoms with E-state index in [1.54, 1.807) is 0 Å². The maximum absolute atomic E-state index is 12.4. The van der Waals surface area contributed by atoms with Gasteiger partial charge >= 0.3 is 5.97 Å². The number of fused-ring (bicyclic) bond motifs is 1. The van der Waals surface area contributed by atoms with Gasteiger partial charge in [0.15, 0.2) is 0 Å². The molecule has 0 amide bonds. The van der Waals surface area contributed by atoms with Crippen LogP contribution in [0, 0.1) is 40.9 Å². The van der Waals surface area contributed by atoms with Crippen LogP contribution in [0.4, 0.5) is 0 Å². The van der Waals surface area contributed by atoms with E-state index in [9.17, 15) is 10.1 Å². The molecule has 6 atom stereocenters. The molecule has 2 aromatic rings. The number of nitriles is 1. The van der Waals surface area contributed by atoms with Crippen molar-refractivity contribution < 1.29 is 9.53 Å². The topological polar surface area (TPSA) is 63.0 Å². The Kier molecular flexibility index (Phi) is 6.57. The fourth-order valence-corrected chi connectivity index (χ4v) is 6.02. The number of halogens is 1. The average Bonchev–Trinajstić information content (AvgIpc) is 3.07. The number of benzene rings is 1. The van der Waals surface area contributed by atoms with E-state index in [2.05, 4.69) is 46.1 Å². The van der Waals surface area contributed by atoms with Gasteiger partial charge in [-0.25, -0.2) is 0 Å². The number of hydrogen-bond acceptors (Lipinski definition) is 4. The molecule has 0 N–H and O–H groups in total. The van der Waals surface area contributed by atoms with Gasteiger partial charge in [-0.3, -0.25) is 9.78 Å². The fraction of sp³-hybridized carbons (Fsp3) is 0.423. The zero-order valence-electron chi connectivity index (χ0n) is 17.9. The maximum Gasteiger partial charge on any atom is 0.309 e. The van der Waals surface area contributed by atoms with Crippen LogP contribution in [0.3, 0.4) is 0 Å². The number of allylic oxidation sites excluding steroid dienone is 1. The third kappa shape index (κ3) is 4.32. The quantitative estimate of drug-likeness (QED) is 0.398. The highest BCUT2D eigenvalue weighted by Crippen LogP contribution is 2.50. The van der Waals surface area contributed by atoms with E-state index in [4.69, 9.17) is 4.74 Å². The maximum atomic E-state index is 12.4. The Morgan fingerprint density at radius 1 is 1.26 bits per heavy atom. The van der Waals surface area contributed by atoms with Gasteiger partial charge in [-0.1, -0.05) is 53.2 Å². The highest BCUT2D eigenvalue weighted by atomic mass is 79.9. The van der Waals surface area contributed by atoms with Gasteiger partial charge in [-0.15, -0.1) is 0 Å². The molecule has 31 heavy (non-hydrogen) atoms. The molecule has 1 saturated carbocycles. The molecule has 0 bridgehead atoms. The average molecular weight is 479 g/mol. The Morgan fingerprint density at radius 2 is 2.06 bits per heavy atom. The number of ether oxygens (including phenoxy) is 1. The molecular weight excluding hydrogens is 452 g/mol. The van der Waals surface area contributed by atoms with Crippen molar-refractivity contribution in [1.29, 1.82) is 5.26 Å². The van der Waals surface area contributed by atoms with Crippen molar-refractivity contribution in [2.24, 2.45) is 29.6 Å². The number of alkyl halides is 1. The molecular formula is C26H27BrN2O2. The second-order valence-corrected chi connectivity index (χ2v) is 9.54. The van der Waals surface area contributed by atoms with E-state index >= 15 is 0 Å². The number of rotatable bonds is 5. The van der Waals surface area contributed by atoms with Crippen molar-refractivity contribution in [3.05, 3.63) is 59.9 Å². The van der Waals surface area contributed by atoms with Gasteiger partial charge in [0.2, 0.25) is 0 Å². The van der Waals surface area contributed by atoms with Crippen LogP contribution >= 0.6 is 15.9 Å². The van der Waals surface area contributed by atoms with E-state index in [1.165, 1.54) is 0 Å². The summed E-state index contributed by atoms with van der Waals surface area (Å²) >= 11 is 3.62. The summed E-state index contributed by atoms with van der Waals surface area (Å²) in [5.41, 5.74) is 3.35. The molecule has 1 aromatic heterocycles. The molecule has 0 spiro atoms. The number of hydrogen-bond donors (Lipinski definition) is 0. The summed E-state index contributed by atoms with van der Waals surface area (Å²) in [5.74, 6) is 1.47. The highest BCUT2D eigenvalue weighted by Gasteiger charge is 2.52.